The molecule has 0 unspecified atom stereocenters. The Labute approximate surface area is 103 Å². The lowest BCUT2D eigenvalue weighted by Crippen LogP contribution is -2.35. The van der Waals surface area contributed by atoms with Gasteiger partial charge in [0.15, 0.2) is 0 Å². The third-order valence-electron chi connectivity index (χ3n) is 3.65. The van der Waals surface area contributed by atoms with E-state index in [1.807, 2.05) is 13.0 Å². The molecule has 0 bridgehead atoms. The number of nitrogens with zero attached hydrogens (tertiary/aromatic N) is 1. The van der Waals surface area contributed by atoms with Crippen molar-refractivity contribution in [1.29, 1.82) is 0 Å². The summed E-state index contributed by atoms with van der Waals surface area (Å²) in [7, 11) is 0. The highest BCUT2D eigenvalue weighted by molar-refractivity contribution is 5.40. The lowest BCUT2D eigenvalue weighted by molar-refractivity contribution is 0.0789. The van der Waals surface area contributed by atoms with Gasteiger partial charge < -0.3 is 10.2 Å². The molecule has 1 aromatic rings. The van der Waals surface area contributed by atoms with Crippen molar-refractivity contribution in [1.82, 2.24) is 4.90 Å². The smallest absolute Gasteiger partial charge is 0.120 e. The van der Waals surface area contributed by atoms with E-state index in [2.05, 4.69) is 17.9 Å². The number of phenols is 1. The molecular formula is C14H21NO2. The van der Waals surface area contributed by atoms with Crippen molar-refractivity contribution >= 4 is 0 Å². The first kappa shape index (κ1) is 12.4. The van der Waals surface area contributed by atoms with Gasteiger partial charge in [0.2, 0.25) is 0 Å². The molecule has 3 nitrogen and oxygen atoms in total. The number of aryl methyl sites for hydroxylation is 2. The molecule has 0 aliphatic carbocycles. The molecular weight excluding hydrogens is 214 g/mol. The molecule has 1 aromatic carbocycles. The van der Waals surface area contributed by atoms with Crippen LogP contribution in [-0.2, 0) is 6.54 Å². The molecule has 0 radical (unpaired) electrons. The standard InChI is InChI=1S/C14H21NO2/c1-10-7-12(14(17)8-11(10)2)9-15-5-3-13(16)4-6-15/h7-8,13,16-17H,3-6,9H2,1-2H3. The highest BCUT2D eigenvalue weighted by Gasteiger charge is 2.18. The van der Waals surface area contributed by atoms with E-state index < -0.39 is 0 Å². The molecule has 0 saturated carbocycles. The number of piperidine rings is 1. The van der Waals surface area contributed by atoms with Crippen LogP contribution in [-0.4, -0.2) is 34.3 Å². The summed E-state index contributed by atoms with van der Waals surface area (Å²) in [5, 5.41) is 19.4. The van der Waals surface area contributed by atoms with Crippen LogP contribution in [0.1, 0.15) is 29.5 Å². The van der Waals surface area contributed by atoms with Crippen molar-refractivity contribution in [3.63, 3.8) is 0 Å². The van der Waals surface area contributed by atoms with E-state index in [0.717, 1.165) is 43.6 Å². The predicted octanol–water partition coefficient (Wildman–Crippen LogP) is 1.97. The van der Waals surface area contributed by atoms with E-state index in [9.17, 15) is 10.2 Å². The Morgan fingerprint density at radius 2 is 1.76 bits per heavy atom. The van der Waals surface area contributed by atoms with Crippen LogP contribution in [0.5, 0.6) is 5.75 Å². The summed E-state index contributed by atoms with van der Waals surface area (Å²) in [6.07, 6.45) is 1.54. The molecule has 2 rings (SSSR count). The van der Waals surface area contributed by atoms with Crippen LogP contribution in [0, 0.1) is 13.8 Å². The van der Waals surface area contributed by atoms with Gasteiger partial charge in [0, 0.05) is 25.2 Å². The lowest BCUT2D eigenvalue weighted by atomic mass is 10.0. The maximum absolute atomic E-state index is 9.92. The van der Waals surface area contributed by atoms with E-state index in [0.29, 0.717) is 5.75 Å². The third-order valence-corrected chi connectivity index (χ3v) is 3.65. The van der Waals surface area contributed by atoms with Gasteiger partial charge >= 0.3 is 0 Å². The molecule has 1 aliphatic rings. The van der Waals surface area contributed by atoms with Gasteiger partial charge in [-0.05, 0) is 43.9 Å². The van der Waals surface area contributed by atoms with Gasteiger partial charge in [0.25, 0.3) is 0 Å². The zero-order chi connectivity index (χ0) is 12.4. The minimum Gasteiger partial charge on any atom is -0.508 e. The molecule has 94 valence electrons. The third kappa shape index (κ3) is 2.99. The Morgan fingerprint density at radius 1 is 1.18 bits per heavy atom. The van der Waals surface area contributed by atoms with Crippen molar-refractivity contribution in [2.24, 2.45) is 0 Å². The minimum atomic E-state index is -0.139. The Hall–Kier alpha value is -1.06. The summed E-state index contributed by atoms with van der Waals surface area (Å²) in [6, 6.07) is 3.90. The molecule has 1 fully saturated rings. The highest BCUT2D eigenvalue weighted by Crippen LogP contribution is 2.24. The van der Waals surface area contributed by atoms with Crippen molar-refractivity contribution < 1.29 is 10.2 Å². The van der Waals surface area contributed by atoms with E-state index in [-0.39, 0.29) is 6.10 Å². The second kappa shape index (κ2) is 5.07. The number of hydrogen-bond donors (Lipinski definition) is 2. The Bertz CT molecular complexity index is 395. The topological polar surface area (TPSA) is 43.7 Å². The van der Waals surface area contributed by atoms with Crippen LogP contribution in [0.3, 0.4) is 0 Å². The van der Waals surface area contributed by atoms with Gasteiger partial charge in [0.05, 0.1) is 6.10 Å². The van der Waals surface area contributed by atoms with Crippen LogP contribution in [0.25, 0.3) is 0 Å². The molecule has 0 spiro atoms. The van der Waals surface area contributed by atoms with Crippen LogP contribution in [0.15, 0.2) is 12.1 Å². The molecule has 0 aromatic heterocycles. The Morgan fingerprint density at radius 3 is 2.41 bits per heavy atom. The van der Waals surface area contributed by atoms with Gasteiger partial charge in [-0.2, -0.15) is 0 Å². The largest absolute Gasteiger partial charge is 0.508 e. The van der Waals surface area contributed by atoms with Gasteiger partial charge in [-0.15, -0.1) is 0 Å². The van der Waals surface area contributed by atoms with Crippen molar-refractivity contribution in [2.45, 2.75) is 39.3 Å². The minimum absolute atomic E-state index is 0.139. The molecule has 1 aliphatic heterocycles. The second-order valence-electron chi connectivity index (χ2n) is 5.07. The monoisotopic (exact) mass is 235 g/mol. The second-order valence-corrected chi connectivity index (χ2v) is 5.07. The van der Waals surface area contributed by atoms with Crippen molar-refractivity contribution in [3.05, 3.63) is 28.8 Å². The average Bonchev–Trinajstić information content (AvgIpc) is 2.29. The maximum atomic E-state index is 9.92. The number of likely N-dealkylation sites (tertiary alicyclic amines) is 1. The normalized spacial score (nSPS) is 18.5. The lowest BCUT2D eigenvalue weighted by Gasteiger charge is -2.29. The molecule has 2 N–H and O–H groups in total. The predicted molar refractivity (Wildman–Crippen MR) is 68.1 cm³/mol. The zero-order valence-electron chi connectivity index (χ0n) is 10.6. The van der Waals surface area contributed by atoms with Gasteiger partial charge in [-0.1, -0.05) is 6.07 Å². The van der Waals surface area contributed by atoms with E-state index in [1.165, 1.54) is 5.56 Å². The van der Waals surface area contributed by atoms with Gasteiger partial charge in [0.1, 0.15) is 5.75 Å². The van der Waals surface area contributed by atoms with E-state index in [4.69, 9.17) is 0 Å². The molecule has 1 saturated heterocycles. The van der Waals surface area contributed by atoms with Gasteiger partial charge in [-0.25, -0.2) is 0 Å². The first-order valence-electron chi connectivity index (χ1n) is 6.26. The Balaban J connectivity index is 2.06. The quantitative estimate of drug-likeness (QED) is 0.823. The molecule has 0 atom stereocenters. The average molecular weight is 235 g/mol. The van der Waals surface area contributed by atoms with E-state index >= 15 is 0 Å². The first-order valence-corrected chi connectivity index (χ1v) is 6.26. The van der Waals surface area contributed by atoms with Crippen LogP contribution in [0.4, 0.5) is 0 Å². The van der Waals surface area contributed by atoms with Crippen LogP contribution >= 0.6 is 0 Å². The first-order chi connectivity index (χ1) is 8.06. The molecule has 3 heteroatoms. The summed E-state index contributed by atoms with van der Waals surface area (Å²) in [6.45, 7) is 6.68. The van der Waals surface area contributed by atoms with Gasteiger partial charge in [-0.3, -0.25) is 4.90 Å². The summed E-state index contributed by atoms with van der Waals surface area (Å²) < 4.78 is 0. The van der Waals surface area contributed by atoms with Crippen LogP contribution in [0.2, 0.25) is 0 Å². The zero-order valence-corrected chi connectivity index (χ0v) is 10.6. The number of aliphatic hydroxyl groups excluding tert-OH is 1. The fourth-order valence-electron chi connectivity index (χ4n) is 2.31. The number of benzene rings is 1. The maximum Gasteiger partial charge on any atom is 0.120 e. The molecule has 0 amide bonds. The fourth-order valence-corrected chi connectivity index (χ4v) is 2.31. The Kier molecular flexibility index (Phi) is 3.69. The van der Waals surface area contributed by atoms with Crippen molar-refractivity contribution in [2.75, 3.05) is 13.1 Å². The van der Waals surface area contributed by atoms with E-state index in [1.54, 1.807) is 0 Å². The number of rotatable bonds is 2. The fraction of sp³-hybridized carbons (Fsp3) is 0.571. The SMILES string of the molecule is Cc1cc(O)c(CN2CCC(O)CC2)cc1C. The summed E-state index contributed by atoms with van der Waals surface area (Å²) >= 11 is 0. The molecule has 17 heavy (non-hydrogen) atoms. The summed E-state index contributed by atoms with van der Waals surface area (Å²) in [5.41, 5.74) is 3.33. The summed E-state index contributed by atoms with van der Waals surface area (Å²) in [4.78, 5) is 2.29. The van der Waals surface area contributed by atoms with Crippen molar-refractivity contribution in [3.8, 4) is 5.75 Å². The van der Waals surface area contributed by atoms with Crippen LogP contribution < -0.4 is 0 Å². The number of aliphatic hydroxyl groups is 1. The number of hydrogen-bond acceptors (Lipinski definition) is 3. The number of phenolic OH excluding ortho intramolecular Hbond substituents is 1. The summed E-state index contributed by atoms with van der Waals surface area (Å²) in [5.74, 6) is 0.388. The highest BCUT2D eigenvalue weighted by atomic mass is 16.3. The number of aromatic hydroxyl groups is 1. The molecule has 1 heterocycles.